The summed E-state index contributed by atoms with van der Waals surface area (Å²) in [6.07, 6.45) is 5.09. The van der Waals surface area contributed by atoms with Gasteiger partial charge < -0.3 is 19.7 Å². The molecule has 5 nitrogen and oxygen atoms in total. The third kappa shape index (κ3) is 5.67. The fraction of sp³-hybridized carbons (Fsp3) is 0.650. The van der Waals surface area contributed by atoms with E-state index in [2.05, 4.69) is 5.32 Å². The normalized spacial score (nSPS) is 26.2. The Balaban J connectivity index is 1.61. The van der Waals surface area contributed by atoms with Crippen molar-refractivity contribution in [3.05, 3.63) is 29.8 Å². The average molecular weight is 451 g/mol. The van der Waals surface area contributed by atoms with Crippen LogP contribution in [0.25, 0.3) is 0 Å². The summed E-state index contributed by atoms with van der Waals surface area (Å²) in [4.78, 5) is 14.2. The van der Waals surface area contributed by atoms with E-state index in [4.69, 9.17) is 44.3 Å². The maximum absolute atomic E-state index is 12.6. The number of carbonyl (C=O) groups is 1. The summed E-state index contributed by atoms with van der Waals surface area (Å²) in [7, 11) is 1.57. The van der Waals surface area contributed by atoms with Gasteiger partial charge in [0.2, 0.25) is 3.79 Å². The van der Waals surface area contributed by atoms with Gasteiger partial charge in [-0.25, -0.2) is 0 Å². The number of amides is 1. The second-order valence-electron chi connectivity index (χ2n) is 7.62. The Morgan fingerprint density at radius 2 is 1.89 bits per heavy atom. The Morgan fingerprint density at radius 1 is 1.18 bits per heavy atom. The molecule has 0 aromatic heterocycles. The molecule has 0 aliphatic carbocycles. The maximum Gasteiger partial charge on any atom is 0.253 e. The van der Waals surface area contributed by atoms with Crippen LogP contribution >= 0.6 is 34.8 Å². The summed E-state index contributed by atoms with van der Waals surface area (Å²) in [5, 5.41) is 2.72. The van der Waals surface area contributed by atoms with Crippen molar-refractivity contribution < 1.29 is 19.2 Å². The molecule has 0 radical (unpaired) electrons. The number of benzene rings is 1. The van der Waals surface area contributed by atoms with Gasteiger partial charge in [0.1, 0.15) is 5.75 Å². The number of hydrogen-bond acceptors (Lipinski definition) is 3. The standard InChI is InChI=1S/C20H27Cl3N2O3/c1-27-16-9-7-14(8-10-16)18(26)24-19(20(21,22)23)28-13-15-5-4-12-25-11-3-2-6-17(15)25/h7-10,15,17,19H,2-6,11-13H2,1H3,(H,24,26)/p+1/t15-,17+,19-/m1/s1. The highest BCUT2D eigenvalue weighted by molar-refractivity contribution is 6.68. The molecule has 0 spiro atoms. The zero-order valence-electron chi connectivity index (χ0n) is 16.1. The van der Waals surface area contributed by atoms with E-state index in [-0.39, 0.29) is 5.91 Å². The van der Waals surface area contributed by atoms with Crippen LogP contribution in [0, 0.1) is 5.92 Å². The van der Waals surface area contributed by atoms with Crippen LogP contribution in [0.1, 0.15) is 42.5 Å². The van der Waals surface area contributed by atoms with Crippen molar-refractivity contribution in [2.24, 2.45) is 5.92 Å². The molecule has 1 amide bonds. The van der Waals surface area contributed by atoms with E-state index in [0.29, 0.717) is 29.9 Å². The molecule has 2 aliphatic heterocycles. The summed E-state index contributed by atoms with van der Waals surface area (Å²) < 4.78 is 9.32. The predicted molar refractivity (Wildman–Crippen MR) is 112 cm³/mol. The van der Waals surface area contributed by atoms with Gasteiger partial charge in [-0.05, 0) is 56.4 Å². The van der Waals surface area contributed by atoms with Crippen LogP contribution in [0.5, 0.6) is 5.75 Å². The molecule has 4 atom stereocenters. The second-order valence-corrected chi connectivity index (χ2v) is 9.99. The van der Waals surface area contributed by atoms with E-state index in [1.54, 1.807) is 36.3 Å². The number of alkyl halides is 3. The fourth-order valence-corrected chi connectivity index (χ4v) is 4.71. The minimum Gasteiger partial charge on any atom is -0.497 e. The SMILES string of the molecule is COc1ccc(C(=O)N[C@H](OC[C@H]2CCC[NH+]3CCCC[C@@H]23)C(Cl)(Cl)Cl)cc1. The molecule has 3 rings (SSSR count). The van der Waals surface area contributed by atoms with Crippen molar-refractivity contribution >= 4 is 40.7 Å². The van der Waals surface area contributed by atoms with E-state index >= 15 is 0 Å². The number of fused-ring (bicyclic) bond motifs is 1. The molecule has 1 unspecified atom stereocenters. The first kappa shape index (κ1) is 22.0. The lowest BCUT2D eigenvalue weighted by molar-refractivity contribution is -0.940. The minimum absolute atomic E-state index is 0.354. The van der Waals surface area contributed by atoms with E-state index in [9.17, 15) is 4.79 Å². The van der Waals surface area contributed by atoms with Gasteiger partial charge in [0.05, 0.1) is 32.8 Å². The van der Waals surface area contributed by atoms with Crippen LogP contribution in [0.15, 0.2) is 24.3 Å². The van der Waals surface area contributed by atoms with Crippen molar-refractivity contribution in [2.45, 2.75) is 48.2 Å². The Labute approximate surface area is 181 Å². The molecule has 2 heterocycles. The summed E-state index contributed by atoms with van der Waals surface area (Å²) in [5.74, 6) is 0.742. The molecule has 2 fully saturated rings. The lowest BCUT2D eigenvalue weighted by atomic mass is 9.84. The van der Waals surface area contributed by atoms with Gasteiger partial charge in [0.25, 0.3) is 5.91 Å². The van der Waals surface area contributed by atoms with Crippen molar-refractivity contribution in [3.63, 3.8) is 0 Å². The quantitative estimate of drug-likeness (QED) is 0.517. The first-order valence-electron chi connectivity index (χ1n) is 9.86. The van der Waals surface area contributed by atoms with Crippen LogP contribution in [-0.4, -0.2) is 48.8 Å². The lowest BCUT2D eigenvalue weighted by Gasteiger charge is -2.41. The van der Waals surface area contributed by atoms with Crippen LogP contribution < -0.4 is 15.0 Å². The van der Waals surface area contributed by atoms with Gasteiger partial charge in [0.15, 0.2) is 6.23 Å². The van der Waals surface area contributed by atoms with E-state index < -0.39 is 10.0 Å². The smallest absolute Gasteiger partial charge is 0.253 e. The highest BCUT2D eigenvalue weighted by Gasteiger charge is 2.40. The van der Waals surface area contributed by atoms with E-state index in [1.165, 1.54) is 38.8 Å². The first-order valence-corrected chi connectivity index (χ1v) is 11.0. The number of piperidine rings is 2. The molecule has 0 saturated carbocycles. The Bertz CT molecular complexity index is 649. The minimum atomic E-state index is -1.75. The molecule has 1 aromatic rings. The molecule has 2 N–H and O–H groups in total. The first-order chi connectivity index (χ1) is 13.4. The van der Waals surface area contributed by atoms with Gasteiger partial charge >= 0.3 is 0 Å². The Kier molecular flexibility index (Phi) is 7.74. The fourth-order valence-electron chi connectivity index (χ4n) is 4.36. The number of nitrogens with one attached hydrogen (secondary N) is 2. The third-order valence-corrected chi connectivity index (χ3v) is 6.41. The number of quaternary nitrogens is 1. The lowest BCUT2D eigenvalue weighted by Crippen LogP contribution is -3.18. The van der Waals surface area contributed by atoms with E-state index in [1.807, 2.05) is 0 Å². The van der Waals surface area contributed by atoms with Gasteiger partial charge in [-0.2, -0.15) is 0 Å². The summed E-state index contributed by atoms with van der Waals surface area (Å²) in [6.45, 7) is 2.96. The van der Waals surface area contributed by atoms with Gasteiger partial charge in [-0.1, -0.05) is 34.8 Å². The van der Waals surface area contributed by atoms with Crippen LogP contribution in [0.2, 0.25) is 0 Å². The molecule has 1 aromatic carbocycles. The molecule has 156 valence electrons. The number of rotatable bonds is 6. The zero-order chi connectivity index (χ0) is 20.1. The molecular formula is C20H28Cl3N2O3+. The number of hydrogen-bond donors (Lipinski definition) is 2. The van der Waals surface area contributed by atoms with Gasteiger partial charge in [0, 0.05) is 11.5 Å². The van der Waals surface area contributed by atoms with E-state index in [0.717, 1.165) is 6.42 Å². The third-order valence-electron chi connectivity index (χ3n) is 5.82. The largest absolute Gasteiger partial charge is 0.497 e. The number of ether oxygens (including phenoxy) is 2. The predicted octanol–water partition coefficient (Wildman–Crippen LogP) is 2.99. The molecular weight excluding hydrogens is 423 g/mol. The van der Waals surface area contributed by atoms with Crippen molar-refractivity contribution in [1.29, 1.82) is 0 Å². The van der Waals surface area contributed by atoms with Crippen molar-refractivity contribution in [2.75, 3.05) is 26.8 Å². The summed E-state index contributed by atoms with van der Waals surface area (Å²) in [6, 6.07) is 7.35. The van der Waals surface area contributed by atoms with Crippen molar-refractivity contribution in [3.8, 4) is 5.75 Å². The van der Waals surface area contributed by atoms with Gasteiger partial charge in [-0.3, -0.25) is 4.79 Å². The monoisotopic (exact) mass is 449 g/mol. The Hall–Kier alpha value is -0.720. The van der Waals surface area contributed by atoms with Crippen LogP contribution in [-0.2, 0) is 4.74 Å². The molecule has 2 aliphatic rings. The summed E-state index contributed by atoms with van der Waals surface area (Å²) >= 11 is 18.3. The van der Waals surface area contributed by atoms with Crippen LogP contribution in [0.3, 0.4) is 0 Å². The van der Waals surface area contributed by atoms with Crippen molar-refractivity contribution in [1.82, 2.24) is 5.32 Å². The topological polar surface area (TPSA) is 52.0 Å². The maximum atomic E-state index is 12.6. The number of halogens is 3. The Morgan fingerprint density at radius 3 is 2.57 bits per heavy atom. The highest BCUT2D eigenvalue weighted by Crippen LogP contribution is 2.32. The molecule has 2 saturated heterocycles. The zero-order valence-corrected chi connectivity index (χ0v) is 18.3. The van der Waals surface area contributed by atoms with Gasteiger partial charge in [-0.15, -0.1) is 0 Å². The highest BCUT2D eigenvalue weighted by atomic mass is 35.6. The number of carbonyl (C=O) groups excluding carboxylic acids is 1. The van der Waals surface area contributed by atoms with Crippen LogP contribution in [0.4, 0.5) is 0 Å². The molecule has 8 heteroatoms. The second kappa shape index (κ2) is 9.86. The number of methoxy groups -OCH3 is 1. The molecule has 0 bridgehead atoms. The summed E-state index contributed by atoms with van der Waals surface area (Å²) in [5.41, 5.74) is 0.448. The average Bonchev–Trinajstić information content (AvgIpc) is 2.70. The molecule has 28 heavy (non-hydrogen) atoms.